The van der Waals surface area contributed by atoms with Gasteiger partial charge in [0.1, 0.15) is 6.54 Å². The SMILES string of the molecule is N#CCN(Cc1ccccc1)C(=O)CCCCBr. The molecule has 0 bridgehead atoms. The molecule has 3 nitrogen and oxygen atoms in total. The van der Waals surface area contributed by atoms with Gasteiger partial charge in [0, 0.05) is 18.3 Å². The lowest BCUT2D eigenvalue weighted by molar-refractivity contribution is -0.131. The molecular weight excluding hydrogens is 292 g/mol. The number of hydrogen-bond acceptors (Lipinski definition) is 2. The quantitative estimate of drug-likeness (QED) is 0.441. The molecule has 0 heterocycles. The zero-order valence-corrected chi connectivity index (χ0v) is 11.9. The smallest absolute Gasteiger partial charge is 0.223 e. The molecule has 0 aliphatic rings. The van der Waals surface area contributed by atoms with Crippen molar-refractivity contribution in [1.82, 2.24) is 4.90 Å². The highest BCUT2D eigenvalue weighted by molar-refractivity contribution is 9.09. The van der Waals surface area contributed by atoms with Crippen molar-refractivity contribution in [2.75, 3.05) is 11.9 Å². The minimum atomic E-state index is 0.0568. The Morgan fingerprint density at radius 1 is 1.28 bits per heavy atom. The van der Waals surface area contributed by atoms with Crippen LogP contribution < -0.4 is 0 Å². The first kappa shape index (κ1) is 14.7. The van der Waals surface area contributed by atoms with Crippen LogP contribution in [0.2, 0.25) is 0 Å². The van der Waals surface area contributed by atoms with E-state index in [1.54, 1.807) is 4.90 Å². The van der Waals surface area contributed by atoms with E-state index in [0.717, 1.165) is 23.7 Å². The van der Waals surface area contributed by atoms with Gasteiger partial charge >= 0.3 is 0 Å². The van der Waals surface area contributed by atoms with Crippen molar-refractivity contribution >= 4 is 21.8 Å². The third kappa shape index (κ3) is 5.33. The molecule has 0 aliphatic heterocycles. The zero-order chi connectivity index (χ0) is 13.2. The third-order valence-electron chi connectivity index (χ3n) is 2.60. The molecule has 0 fully saturated rings. The van der Waals surface area contributed by atoms with Gasteiger partial charge in [-0.3, -0.25) is 4.79 Å². The van der Waals surface area contributed by atoms with Crippen LogP contribution in [0.1, 0.15) is 24.8 Å². The topological polar surface area (TPSA) is 44.1 Å². The van der Waals surface area contributed by atoms with E-state index in [2.05, 4.69) is 22.0 Å². The van der Waals surface area contributed by atoms with Crippen LogP contribution in [0.15, 0.2) is 30.3 Å². The van der Waals surface area contributed by atoms with Gasteiger partial charge in [-0.05, 0) is 18.4 Å². The summed E-state index contributed by atoms with van der Waals surface area (Å²) in [6, 6.07) is 11.8. The molecule has 0 aromatic heterocycles. The van der Waals surface area contributed by atoms with Crippen molar-refractivity contribution in [2.45, 2.75) is 25.8 Å². The fourth-order valence-electron chi connectivity index (χ4n) is 1.65. The number of hydrogen-bond donors (Lipinski definition) is 0. The molecule has 0 aliphatic carbocycles. The van der Waals surface area contributed by atoms with Gasteiger partial charge < -0.3 is 4.90 Å². The monoisotopic (exact) mass is 308 g/mol. The van der Waals surface area contributed by atoms with Crippen LogP contribution in [-0.4, -0.2) is 22.7 Å². The van der Waals surface area contributed by atoms with E-state index in [1.165, 1.54) is 0 Å². The molecule has 0 spiro atoms. The summed E-state index contributed by atoms with van der Waals surface area (Å²) in [5.41, 5.74) is 1.06. The van der Waals surface area contributed by atoms with E-state index in [9.17, 15) is 4.79 Å². The average Bonchev–Trinajstić information content (AvgIpc) is 2.39. The lowest BCUT2D eigenvalue weighted by Crippen LogP contribution is -2.30. The minimum absolute atomic E-state index is 0.0568. The Morgan fingerprint density at radius 3 is 2.61 bits per heavy atom. The van der Waals surface area contributed by atoms with E-state index in [-0.39, 0.29) is 12.5 Å². The number of carbonyl (C=O) groups excluding carboxylic acids is 1. The standard InChI is InChI=1S/C14H17BrN2O/c15-9-5-4-8-14(18)17(11-10-16)12-13-6-2-1-3-7-13/h1-3,6-7H,4-5,8-9,11-12H2. The molecule has 0 saturated carbocycles. The van der Waals surface area contributed by atoms with Gasteiger partial charge in [0.25, 0.3) is 0 Å². The second-order valence-corrected chi connectivity index (χ2v) is 4.83. The number of nitriles is 1. The van der Waals surface area contributed by atoms with Crippen molar-refractivity contribution in [1.29, 1.82) is 5.26 Å². The number of nitrogens with zero attached hydrogens (tertiary/aromatic N) is 2. The number of halogens is 1. The summed E-state index contributed by atoms with van der Waals surface area (Å²) in [4.78, 5) is 13.6. The van der Waals surface area contributed by atoms with Gasteiger partial charge in [0.2, 0.25) is 5.91 Å². The van der Waals surface area contributed by atoms with Gasteiger partial charge in [-0.2, -0.15) is 5.26 Å². The van der Waals surface area contributed by atoms with Crippen molar-refractivity contribution in [2.24, 2.45) is 0 Å². The average molecular weight is 309 g/mol. The lowest BCUT2D eigenvalue weighted by atomic mass is 10.2. The van der Waals surface area contributed by atoms with Crippen molar-refractivity contribution in [3.63, 3.8) is 0 Å². The summed E-state index contributed by atoms with van der Waals surface area (Å²) in [5, 5.41) is 9.70. The van der Waals surface area contributed by atoms with E-state index in [4.69, 9.17) is 5.26 Å². The molecule has 1 rings (SSSR count). The van der Waals surface area contributed by atoms with Gasteiger partial charge in [-0.15, -0.1) is 0 Å². The fourth-order valence-corrected chi connectivity index (χ4v) is 2.05. The molecule has 18 heavy (non-hydrogen) atoms. The van der Waals surface area contributed by atoms with Gasteiger partial charge in [-0.25, -0.2) is 0 Å². The molecule has 0 saturated heterocycles. The first-order valence-electron chi connectivity index (χ1n) is 6.02. The maximum atomic E-state index is 12.0. The maximum absolute atomic E-state index is 12.0. The Morgan fingerprint density at radius 2 is 2.00 bits per heavy atom. The number of alkyl halides is 1. The molecule has 4 heteroatoms. The molecule has 0 unspecified atom stereocenters. The van der Waals surface area contributed by atoms with Crippen molar-refractivity contribution in [3.8, 4) is 6.07 Å². The second kappa shape index (κ2) is 8.71. The Hall–Kier alpha value is -1.34. The third-order valence-corrected chi connectivity index (χ3v) is 3.17. The second-order valence-electron chi connectivity index (χ2n) is 4.04. The Labute approximate surface area is 117 Å². The predicted octanol–water partition coefficient (Wildman–Crippen LogP) is 3.10. The minimum Gasteiger partial charge on any atom is -0.325 e. The van der Waals surface area contributed by atoms with Crippen LogP contribution in [0.25, 0.3) is 0 Å². The van der Waals surface area contributed by atoms with Crippen LogP contribution in [0.3, 0.4) is 0 Å². The predicted molar refractivity (Wildman–Crippen MR) is 75.1 cm³/mol. The normalized spacial score (nSPS) is 9.78. The van der Waals surface area contributed by atoms with E-state index in [0.29, 0.717) is 13.0 Å². The first-order valence-corrected chi connectivity index (χ1v) is 7.14. The van der Waals surface area contributed by atoms with Crippen LogP contribution >= 0.6 is 15.9 Å². The number of rotatable bonds is 7. The number of amides is 1. The summed E-state index contributed by atoms with van der Waals surface area (Å²) >= 11 is 3.34. The number of carbonyl (C=O) groups is 1. The van der Waals surface area contributed by atoms with Gasteiger partial charge in [-0.1, -0.05) is 46.3 Å². The van der Waals surface area contributed by atoms with Crippen LogP contribution in [0.4, 0.5) is 0 Å². The van der Waals surface area contributed by atoms with E-state index < -0.39 is 0 Å². The maximum Gasteiger partial charge on any atom is 0.223 e. The molecule has 1 aromatic carbocycles. The number of benzene rings is 1. The van der Waals surface area contributed by atoms with Crippen molar-refractivity contribution < 1.29 is 4.79 Å². The number of unbranched alkanes of at least 4 members (excludes halogenated alkanes) is 1. The molecule has 1 amide bonds. The highest BCUT2D eigenvalue weighted by Gasteiger charge is 2.12. The van der Waals surface area contributed by atoms with E-state index in [1.807, 2.05) is 30.3 Å². The lowest BCUT2D eigenvalue weighted by Gasteiger charge is -2.19. The summed E-state index contributed by atoms with van der Waals surface area (Å²) in [5.74, 6) is 0.0568. The van der Waals surface area contributed by atoms with Crippen LogP contribution in [0.5, 0.6) is 0 Å². The molecule has 0 N–H and O–H groups in total. The van der Waals surface area contributed by atoms with Gasteiger partial charge in [0.15, 0.2) is 0 Å². The van der Waals surface area contributed by atoms with Crippen LogP contribution in [-0.2, 0) is 11.3 Å². The largest absolute Gasteiger partial charge is 0.325 e. The molecule has 96 valence electrons. The highest BCUT2D eigenvalue weighted by atomic mass is 79.9. The Kier molecular flexibility index (Phi) is 7.12. The van der Waals surface area contributed by atoms with Gasteiger partial charge in [0.05, 0.1) is 6.07 Å². The molecular formula is C14H17BrN2O. The van der Waals surface area contributed by atoms with E-state index >= 15 is 0 Å². The summed E-state index contributed by atoms with van der Waals surface area (Å²) in [6.45, 7) is 0.670. The molecule has 0 radical (unpaired) electrons. The fraction of sp³-hybridized carbons (Fsp3) is 0.429. The summed E-state index contributed by atoms with van der Waals surface area (Å²) < 4.78 is 0. The first-order chi connectivity index (χ1) is 8.77. The van der Waals surface area contributed by atoms with Crippen LogP contribution in [0, 0.1) is 11.3 Å². The summed E-state index contributed by atoms with van der Waals surface area (Å²) in [7, 11) is 0. The highest BCUT2D eigenvalue weighted by Crippen LogP contribution is 2.08. The molecule has 1 aromatic rings. The Balaban J connectivity index is 2.54. The zero-order valence-electron chi connectivity index (χ0n) is 10.3. The molecule has 0 atom stereocenters. The van der Waals surface area contributed by atoms with Crippen molar-refractivity contribution in [3.05, 3.63) is 35.9 Å². The Bertz CT molecular complexity index is 400. The summed E-state index contributed by atoms with van der Waals surface area (Å²) in [6.07, 6.45) is 2.36.